The summed E-state index contributed by atoms with van der Waals surface area (Å²) in [7, 11) is 0. The minimum atomic E-state index is -4.53. The molecule has 36 heavy (non-hydrogen) atoms. The van der Waals surface area contributed by atoms with Crippen LogP contribution in [0.4, 0.5) is 13.2 Å². The molecule has 6 aromatic rings. The molecular weight excluding hydrogens is 477 g/mol. The summed E-state index contributed by atoms with van der Waals surface area (Å²) < 4.78 is 44.6. The fourth-order valence-corrected chi connectivity index (χ4v) is 6.04. The summed E-state index contributed by atoms with van der Waals surface area (Å²) in [4.78, 5) is 0. The van der Waals surface area contributed by atoms with E-state index in [4.69, 9.17) is 0 Å². The second-order valence-corrected chi connectivity index (χ2v) is 11.3. The summed E-state index contributed by atoms with van der Waals surface area (Å²) in [5.74, 6) is 0. The smallest absolute Gasteiger partial charge is 0.166 e. The van der Waals surface area contributed by atoms with E-state index in [1.54, 1.807) is 36.5 Å². The maximum atomic E-state index is 14.5. The van der Waals surface area contributed by atoms with Crippen LogP contribution in [-0.4, -0.2) is 10.2 Å². The lowest BCUT2D eigenvalue weighted by Crippen LogP contribution is -2.12. The van der Waals surface area contributed by atoms with Crippen molar-refractivity contribution in [2.24, 2.45) is 0 Å². The van der Waals surface area contributed by atoms with Crippen molar-refractivity contribution in [1.29, 1.82) is 0 Å². The molecule has 0 atom stereocenters. The zero-order chi connectivity index (χ0) is 25.4. The molecule has 0 radical (unpaired) electrons. The van der Waals surface area contributed by atoms with Gasteiger partial charge >= 0.3 is 6.18 Å². The fourth-order valence-electron chi connectivity index (χ4n) is 5.23. The van der Waals surface area contributed by atoms with Crippen molar-refractivity contribution in [2.75, 3.05) is 0 Å². The first-order valence-electron chi connectivity index (χ1n) is 11.7. The van der Waals surface area contributed by atoms with Crippen LogP contribution < -0.4 is 0 Å². The molecular formula is C30H23F3N2S. The van der Waals surface area contributed by atoms with Crippen molar-refractivity contribution in [3.05, 3.63) is 82.9 Å². The average Bonchev–Trinajstić information content (AvgIpc) is 3.27. The van der Waals surface area contributed by atoms with E-state index >= 15 is 0 Å². The third-order valence-corrected chi connectivity index (χ3v) is 7.74. The minimum Gasteiger partial charge on any atom is -0.166 e. The van der Waals surface area contributed by atoms with Crippen LogP contribution >= 0.6 is 11.3 Å². The highest BCUT2D eigenvalue weighted by Crippen LogP contribution is 2.44. The summed E-state index contributed by atoms with van der Waals surface area (Å²) >= 11 is 1.70. The fraction of sp³-hybridized carbons (Fsp3) is 0.200. The highest BCUT2D eigenvalue weighted by atomic mass is 32.1. The Morgan fingerprint density at radius 1 is 0.750 bits per heavy atom. The molecule has 4 aromatic carbocycles. The predicted molar refractivity (Wildman–Crippen MR) is 144 cm³/mol. The van der Waals surface area contributed by atoms with Crippen molar-refractivity contribution >= 4 is 53.7 Å². The molecule has 0 N–H and O–H groups in total. The third-order valence-electron chi connectivity index (χ3n) is 6.86. The van der Waals surface area contributed by atoms with Gasteiger partial charge in [-0.15, -0.1) is 16.4 Å². The Morgan fingerprint density at radius 2 is 1.53 bits per heavy atom. The highest BCUT2D eigenvalue weighted by Gasteiger charge is 2.36. The van der Waals surface area contributed by atoms with E-state index in [9.17, 15) is 13.2 Å². The number of rotatable bonds is 1. The largest absolute Gasteiger partial charge is 0.417 e. The molecule has 2 heterocycles. The van der Waals surface area contributed by atoms with Gasteiger partial charge in [-0.25, -0.2) is 0 Å². The predicted octanol–water partition coefficient (Wildman–Crippen LogP) is 9.44. The number of thiophene rings is 1. The Bertz CT molecular complexity index is 1820. The first kappa shape index (κ1) is 22.9. The molecule has 0 fully saturated rings. The van der Waals surface area contributed by atoms with Gasteiger partial charge < -0.3 is 0 Å². The Balaban J connectivity index is 1.76. The molecule has 6 heteroatoms. The number of nitrogens with zero attached hydrogens (tertiary/aromatic N) is 2. The van der Waals surface area contributed by atoms with Crippen LogP contribution in [0.3, 0.4) is 0 Å². The second kappa shape index (κ2) is 7.74. The molecule has 6 rings (SSSR count). The van der Waals surface area contributed by atoms with E-state index in [1.807, 2.05) is 12.1 Å². The van der Waals surface area contributed by atoms with E-state index in [1.165, 1.54) is 10.8 Å². The standard InChI is InChI=1S/C30H23F3N2S/c1-16-26-23(13-17-7-5-6-8-21(17)27(26)30(31,32)33)28(35-34-16)20-12-19-11-18-9-10-36-25(18)15-22(19)24(14-20)29(2,3)4/h5-15H,1-4H3. The molecule has 0 aliphatic carbocycles. The second-order valence-electron chi connectivity index (χ2n) is 10.3. The van der Waals surface area contributed by atoms with Crippen molar-refractivity contribution in [3.8, 4) is 11.3 Å². The lowest BCUT2D eigenvalue weighted by Gasteiger charge is -2.23. The van der Waals surface area contributed by atoms with Gasteiger partial charge in [0.15, 0.2) is 0 Å². The van der Waals surface area contributed by atoms with Crippen LogP contribution in [0.15, 0.2) is 66.0 Å². The maximum absolute atomic E-state index is 14.5. The first-order chi connectivity index (χ1) is 17.0. The number of halogens is 3. The molecule has 0 saturated heterocycles. The Labute approximate surface area is 210 Å². The number of fused-ring (bicyclic) bond motifs is 4. The summed E-state index contributed by atoms with van der Waals surface area (Å²) in [5, 5.41) is 15.4. The van der Waals surface area contributed by atoms with Crippen LogP contribution in [-0.2, 0) is 11.6 Å². The monoisotopic (exact) mass is 500 g/mol. The van der Waals surface area contributed by atoms with E-state index in [0.29, 0.717) is 16.5 Å². The lowest BCUT2D eigenvalue weighted by atomic mass is 9.81. The van der Waals surface area contributed by atoms with Crippen molar-refractivity contribution in [1.82, 2.24) is 10.2 Å². The molecule has 2 nitrogen and oxygen atoms in total. The zero-order valence-corrected chi connectivity index (χ0v) is 21.1. The van der Waals surface area contributed by atoms with Crippen LogP contribution in [0, 0.1) is 6.92 Å². The summed E-state index contributed by atoms with van der Waals surface area (Å²) in [6, 6.07) is 19.0. The van der Waals surface area contributed by atoms with Crippen LogP contribution in [0.1, 0.15) is 37.6 Å². The van der Waals surface area contributed by atoms with Gasteiger partial charge in [-0.3, -0.25) is 0 Å². The quantitative estimate of drug-likeness (QED) is 0.210. The number of aromatic nitrogens is 2. The van der Waals surface area contributed by atoms with Gasteiger partial charge in [-0.2, -0.15) is 18.3 Å². The van der Waals surface area contributed by atoms with E-state index in [0.717, 1.165) is 27.3 Å². The maximum Gasteiger partial charge on any atom is 0.417 e. The highest BCUT2D eigenvalue weighted by molar-refractivity contribution is 7.17. The van der Waals surface area contributed by atoms with Gasteiger partial charge in [0.1, 0.15) is 5.69 Å². The summed E-state index contributed by atoms with van der Waals surface area (Å²) in [6.07, 6.45) is -4.53. The SMILES string of the molecule is Cc1nnc(-c2cc(C(C)(C)C)c3cc4sccc4cc3c2)c2cc3ccccc3c(C(F)(F)F)c12. The normalized spacial score (nSPS) is 12.9. The minimum absolute atomic E-state index is 0.108. The van der Waals surface area contributed by atoms with Gasteiger partial charge in [0.25, 0.3) is 0 Å². The molecule has 0 saturated carbocycles. The van der Waals surface area contributed by atoms with Crippen molar-refractivity contribution in [2.45, 2.75) is 39.3 Å². The van der Waals surface area contributed by atoms with Gasteiger partial charge in [0.2, 0.25) is 0 Å². The lowest BCUT2D eigenvalue weighted by molar-refractivity contribution is -0.135. The topological polar surface area (TPSA) is 25.8 Å². The van der Waals surface area contributed by atoms with Gasteiger partial charge in [-0.1, -0.05) is 45.0 Å². The third kappa shape index (κ3) is 3.54. The molecule has 0 aliphatic heterocycles. The first-order valence-corrected chi connectivity index (χ1v) is 12.6. The number of alkyl halides is 3. The van der Waals surface area contributed by atoms with Crippen molar-refractivity contribution < 1.29 is 13.2 Å². The van der Waals surface area contributed by atoms with E-state index in [-0.39, 0.29) is 21.9 Å². The van der Waals surface area contributed by atoms with Crippen LogP contribution in [0.25, 0.3) is 53.7 Å². The number of hydrogen-bond donors (Lipinski definition) is 0. The van der Waals surface area contributed by atoms with Gasteiger partial charge in [0, 0.05) is 21.0 Å². The van der Waals surface area contributed by atoms with Crippen LogP contribution in [0.5, 0.6) is 0 Å². The molecule has 0 bridgehead atoms. The zero-order valence-electron chi connectivity index (χ0n) is 20.3. The van der Waals surface area contributed by atoms with Gasteiger partial charge in [0.05, 0.1) is 11.3 Å². The molecule has 0 aliphatic rings. The van der Waals surface area contributed by atoms with Crippen LogP contribution in [0.2, 0.25) is 0 Å². The van der Waals surface area contributed by atoms with Crippen molar-refractivity contribution in [3.63, 3.8) is 0 Å². The molecule has 0 unspecified atom stereocenters. The Hall–Kier alpha value is -3.51. The number of aryl methyl sites for hydroxylation is 1. The molecule has 0 amide bonds. The molecule has 2 aromatic heterocycles. The van der Waals surface area contributed by atoms with E-state index < -0.39 is 11.7 Å². The molecule has 180 valence electrons. The number of hydrogen-bond acceptors (Lipinski definition) is 3. The van der Waals surface area contributed by atoms with Gasteiger partial charge in [-0.05, 0) is 86.6 Å². The average molecular weight is 501 g/mol. The van der Waals surface area contributed by atoms with E-state index in [2.05, 4.69) is 60.6 Å². The Kier molecular flexibility index (Phi) is 4.93. The molecule has 0 spiro atoms. The summed E-state index contributed by atoms with van der Waals surface area (Å²) in [5.41, 5.74) is 1.78. The Morgan fingerprint density at radius 3 is 2.28 bits per heavy atom. The number of benzene rings is 4. The summed E-state index contributed by atoms with van der Waals surface area (Å²) in [6.45, 7) is 8.05.